The van der Waals surface area contributed by atoms with E-state index < -0.39 is 0 Å². The van der Waals surface area contributed by atoms with Crippen LogP contribution in [0.15, 0.2) is 39.6 Å². The van der Waals surface area contributed by atoms with E-state index in [0.29, 0.717) is 32.7 Å². The maximum atomic E-state index is 13.6. The van der Waals surface area contributed by atoms with Gasteiger partial charge in [-0.3, -0.25) is 14.2 Å². The van der Waals surface area contributed by atoms with E-state index in [-0.39, 0.29) is 23.0 Å². The Bertz CT molecular complexity index is 1140. The summed E-state index contributed by atoms with van der Waals surface area (Å²) in [6, 6.07) is 6.44. The number of thioether (sulfide) groups is 1. The third kappa shape index (κ3) is 4.03. The van der Waals surface area contributed by atoms with E-state index in [0.717, 1.165) is 32.2 Å². The number of hydrogen-bond acceptors (Lipinski definition) is 5. The lowest BCUT2D eigenvalue weighted by atomic mass is 10.0. The maximum Gasteiger partial charge on any atom is 0.276 e. The molecule has 158 valence electrons. The number of likely N-dealkylation sites (tertiary alicyclic amines) is 1. The zero-order valence-corrected chi connectivity index (χ0v) is 18.7. The molecule has 1 atom stereocenters. The Kier molecular flexibility index (Phi) is 6.24. The first-order chi connectivity index (χ1) is 14.5. The largest absolute Gasteiger partial charge is 0.339 e. The van der Waals surface area contributed by atoms with Gasteiger partial charge in [0.25, 0.3) is 5.56 Å². The highest BCUT2D eigenvalue weighted by molar-refractivity contribution is 7.99. The molecule has 1 saturated heterocycles. The SMILES string of the molecule is CCC1CCCCN1C(=O)CSc1nc2ccsc2c(=O)n1-c1ccc(F)cc1C. The van der Waals surface area contributed by atoms with Crippen molar-refractivity contribution < 1.29 is 9.18 Å². The van der Waals surface area contributed by atoms with E-state index in [1.807, 2.05) is 16.3 Å². The number of aryl methyl sites for hydroxylation is 1. The molecule has 1 fully saturated rings. The third-order valence-electron chi connectivity index (χ3n) is 5.59. The van der Waals surface area contributed by atoms with Gasteiger partial charge in [-0.15, -0.1) is 11.3 Å². The highest BCUT2D eigenvalue weighted by Gasteiger charge is 2.26. The topological polar surface area (TPSA) is 55.2 Å². The molecule has 0 aliphatic carbocycles. The van der Waals surface area contributed by atoms with Gasteiger partial charge in [-0.1, -0.05) is 18.7 Å². The third-order valence-corrected chi connectivity index (χ3v) is 7.41. The second-order valence-corrected chi connectivity index (χ2v) is 9.39. The molecule has 0 radical (unpaired) electrons. The Morgan fingerprint density at radius 2 is 2.17 bits per heavy atom. The minimum Gasteiger partial charge on any atom is -0.339 e. The molecular weight excluding hydrogens is 421 g/mol. The van der Waals surface area contributed by atoms with Crippen molar-refractivity contribution in [2.75, 3.05) is 12.3 Å². The van der Waals surface area contributed by atoms with E-state index in [1.165, 1.54) is 39.8 Å². The first-order valence-electron chi connectivity index (χ1n) is 10.2. The van der Waals surface area contributed by atoms with Gasteiger partial charge in [0.15, 0.2) is 5.16 Å². The van der Waals surface area contributed by atoms with Gasteiger partial charge in [-0.25, -0.2) is 9.37 Å². The number of carbonyl (C=O) groups is 1. The Labute approximate surface area is 182 Å². The summed E-state index contributed by atoms with van der Waals surface area (Å²) in [5.74, 6) is -0.0538. The van der Waals surface area contributed by atoms with Crippen LogP contribution in [0.25, 0.3) is 15.9 Å². The average molecular weight is 446 g/mol. The molecule has 4 rings (SSSR count). The first kappa shape index (κ1) is 21.1. The predicted molar refractivity (Wildman–Crippen MR) is 120 cm³/mol. The Balaban J connectivity index is 1.69. The molecule has 5 nitrogen and oxygen atoms in total. The first-order valence-corrected chi connectivity index (χ1v) is 12.0. The molecular formula is C22H24FN3O2S2. The number of benzene rings is 1. The predicted octanol–water partition coefficient (Wildman–Crippen LogP) is 4.78. The molecule has 0 N–H and O–H groups in total. The van der Waals surface area contributed by atoms with Gasteiger partial charge in [-0.2, -0.15) is 0 Å². The van der Waals surface area contributed by atoms with Crippen LogP contribution in [0.3, 0.4) is 0 Å². The van der Waals surface area contributed by atoms with Gasteiger partial charge in [0.05, 0.1) is 17.0 Å². The molecule has 3 heterocycles. The van der Waals surface area contributed by atoms with E-state index in [1.54, 1.807) is 13.0 Å². The summed E-state index contributed by atoms with van der Waals surface area (Å²) in [6.45, 7) is 4.67. The van der Waals surface area contributed by atoms with Crippen LogP contribution in [-0.4, -0.2) is 38.7 Å². The van der Waals surface area contributed by atoms with Gasteiger partial charge in [0.2, 0.25) is 5.91 Å². The van der Waals surface area contributed by atoms with E-state index in [4.69, 9.17) is 0 Å². The van der Waals surface area contributed by atoms with Gasteiger partial charge in [0.1, 0.15) is 10.5 Å². The minimum atomic E-state index is -0.352. The van der Waals surface area contributed by atoms with Crippen molar-refractivity contribution >= 4 is 39.2 Å². The van der Waals surface area contributed by atoms with Crippen molar-refractivity contribution in [1.82, 2.24) is 14.5 Å². The van der Waals surface area contributed by atoms with Crippen molar-refractivity contribution in [3.8, 4) is 5.69 Å². The van der Waals surface area contributed by atoms with Crippen LogP contribution in [0, 0.1) is 12.7 Å². The van der Waals surface area contributed by atoms with Crippen molar-refractivity contribution in [3.05, 3.63) is 51.4 Å². The van der Waals surface area contributed by atoms with Crippen LogP contribution in [0.4, 0.5) is 4.39 Å². The molecule has 8 heteroatoms. The van der Waals surface area contributed by atoms with Crippen molar-refractivity contribution in [3.63, 3.8) is 0 Å². The van der Waals surface area contributed by atoms with Crippen molar-refractivity contribution in [2.45, 2.75) is 50.7 Å². The number of piperidine rings is 1. The molecule has 1 aliphatic heterocycles. The van der Waals surface area contributed by atoms with Crippen LogP contribution < -0.4 is 5.56 Å². The van der Waals surface area contributed by atoms with Crippen LogP contribution in [-0.2, 0) is 4.79 Å². The van der Waals surface area contributed by atoms with E-state index >= 15 is 0 Å². The van der Waals surface area contributed by atoms with Gasteiger partial charge in [-0.05, 0) is 67.8 Å². The summed E-state index contributed by atoms with van der Waals surface area (Å²) in [6.07, 6.45) is 4.20. The Hall–Kier alpha value is -2.19. The molecule has 1 unspecified atom stereocenters. The van der Waals surface area contributed by atoms with Crippen molar-refractivity contribution in [2.24, 2.45) is 0 Å². The lowest BCUT2D eigenvalue weighted by Gasteiger charge is -2.35. The number of hydrogen-bond donors (Lipinski definition) is 0. The molecule has 30 heavy (non-hydrogen) atoms. The zero-order chi connectivity index (χ0) is 21.3. The van der Waals surface area contributed by atoms with Crippen LogP contribution >= 0.6 is 23.1 Å². The minimum absolute atomic E-state index is 0.0774. The second kappa shape index (κ2) is 8.89. The summed E-state index contributed by atoms with van der Waals surface area (Å²) < 4.78 is 15.7. The van der Waals surface area contributed by atoms with Gasteiger partial charge >= 0.3 is 0 Å². The molecule has 0 saturated carbocycles. The normalized spacial score (nSPS) is 16.9. The fourth-order valence-electron chi connectivity index (χ4n) is 4.03. The second-order valence-electron chi connectivity index (χ2n) is 7.53. The summed E-state index contributed by atoms with van der Waals surface area (Å²) >= 11 is 2.61. The quantitative estimate of drug-likeness (QED) is 0.419. The van der Waals surface area contributed by atoms with Crippen LogP contribution in [0.2, 0.25) is 0 Å². The summed E-state index contributed by atoms with van der Waals surface area (Å²) in [5, 5.41) is 2.29. The molecule has 0 spiro atoms. The highest BCUT2D eigenvalue weighted by atomic mass is 32.2. The lowest BCUT2D eigenvalue weighted by molar-refractivity contribution is -0.132. The van der Waals surface area contributed by atoms with Gasteiger partial charge < -0.3 is 4.90 Å². The highest BCUT2D eigenvalue weighted by Crippen LogP contribution is 2.27. The number of thiophene rings is 1. The fourth-order valence-corrected chi connectivity index (χ4v) is 5.68. The maximum absolute atomic E-state index is 13.6. The van der Waals surface area contributed by atoms with E-state index in [9.17, 15) is 14.0 Å². The van der Waals surface area contributed by atoms with E-state index in [2.05, 4.69) is 11.9 Å². The molecule has 3 aromatic rings. The Morgan fingerprint density at radius 3 is 2.93 bits per heavy atom. The van der Waals surface area contributed by atoms with Crippen molar-refractivity contribution in [1.29, 1.82) is 0 Å². The number of halogens is 1. The molecule has 2 aromatic heterocycles. The average Bonchev–Trinajstić information content (AvgIpc) is 3.22. The summed E-state index contributed by atoms with van der Waals surface area (Å²) in [4.78, 5) is 32.8. The summed E-state index contributed by atoms with van der Waals surface area (Å²) in [5.41, 5.74) is 1.66. The summed E-state index contributed by atoms with van der Waals surface area (Å²) in [7, 11) is 0. The number of rotatable bonds is 5. The molecule has 1 aromatic carbocycles. The van der Waals surface area contributed by atoms with Crippen LogP contribution in [0.1, 0.15) is 38.2 Å². The smallest absolute Gasteiger partial charge is 0.276 e. The monoisotopic (exact) mass is 445 g/mol. The standard InChI is InChI=1S/C22H24FN3O2S2/c1-3-16-6-4-5-10-25(16)19(27)13-30-22-24-17-9-11-29-20(17)21(28)26(22)18-8-7-15(23)12-14(18)2/h7-9,11-12,16H,3-6,10,13H2,1-2H3. The number of carbonyl (C=O) groups excluding carboxylic acids is 1. The number of aromatic nitrogens is 2. The number of fused-ring (bicyclic) bond motifs is 1. The molecule has 0 bridgehead atoms. The number of amides is 1. The lowest BCUT2D eigenvalue weighted by Crippen LogP contribution is -2.44. The Morgan fingerprint density at radius 1 is 1.33 bits per heavy atom. The fraction of sp³-hybridized carbons (Fsp3) is 0.409. The molecule has 1 amide bonds. The van der Waals surface area contributed by atoms with Gasteiger partial charge in [0, 0.05) is 12.6 Å². The molecule has 1 aliphatic rings. The number of nitrogens with zero attached hydrogens (tertiary/aromatic N) is 3. The zero-order valence-electron chi connectivity index (χ0n) is 17.1. The van der Waals surface area contributed by atoms with Crippen LogP contribution in [0.5, 0.6) is 0 Å².